The van der Waals surface area contributed by atoms with Crippen LogP contribution >= 0.6 is 11.8 Å². The summed E-state index contributed by atoms with van der Waals surface area (Å²) in [6.45, 7) is 0.427. The minimum absolute atomic E-state index is 0.252. The molecule has 0 saturated carbocycles. The number of carbonyl (C=O) groups excluding carboxylic acids is 1. The lowest BCUT2D eigenvalue weighted by Crippen LogP contribution is -2.34. The first-order valence-corrected chi connectivity index (χ1v) is 8.52. The van der Waals surface area contributed by atoms with Gasteiger partial charge in [-0.1, -0.05) is 18.2 Å². The van der Waals surface area contributed by atoms with Gasteiger partial charge < -0.3 is 10.2 Å². The van der Waals surface area contributed by atoms with Crippen molar-refractivity contribution in [3.8, 4) is 0 Å². The summed E-state index contributed by atoms with van der Waals surface area (Å²) in [4.78, 5) is 13.9. The van der Waals surface area contributed by atoms with Gasteiger partial charge in [-0.3, -0.25) is 0 Å². The number of nitrogens with one attached hydrogen (secondary N) is 1. The number of urea groups is 1. The lowest BCUT2D eigenvalue weighted by atomic mass is 10.2. The molecule has 1 saturated heterocycles. The molecule has 1 atom stereocenters. The number of benzene rings is 2. The molecular weight excluding hydrogens is 356 g/mol. The van der Waals surface area contributed by atoms with Crippen molar-refractivity contribution in [3.05, 3.63) is 65.5 Å². The van der Waals surface area contributed by atoms with E-state index in [2.05, 4.69) is 5.32 Å². The van der Waals surface area contributed by atoms with Gasteiger partial charge in [0.15, 0.2) is 0 Å². The van der Waals surface area contributed by atoms with Gasteiger partial charge in [0.1, 0.15) is 11.2 Å². The third-order valence-electron chi connectivity index (χ3n) is 3.79. The molecule has 0 radical (unpaired) electrons. The van der Waals surface area contributed by atoms with Crippen molar-refractivity contribution in [2.45, 2.75) is 11.6 Å². The van der Waals surface area contributed by atoms with Crippen LogP contribution in [-0.4, -0.2) is 23.2 Å². The second-order valence-electron chi connectivity index (χ2n) is 5.44. The summed E-state index contributed by atoms with van der Waals surface area (Å²) < 4.78 is 51.7. The van der Waals surface area contributed by atoms with E-state index in [1.165, 1.54) is 34.9 Å². The van der Waals surface area contributed by atoms with E-state index in [-0.39, 0.29) is 5.69 Å². The predicted molar refractivity (Wildman–Crippen MR) is 88.8 cm³/mol. The molecule has 3 rings (SSSR count). The Bertz CT molecular complexity index is 764. The van der Waals surface area contributed by atoms with Gasteiger partial charge in [-0.2, -0.15) is 13.2 Å². The number of alkyl halides is 3. The molecule has 1 heterocycles. The average Bonchev–Trinajstić information content (AvgIpc) is 3.04. The third kappa shape index (κ3) is 3.89. The highest BCUT2D eigenvalue weighted by Crippen LogP contribution is 2.39. The smallest absolute Gasteiger partial charge is 0.308 e. The molecule has 1 fully saturated rings. The molecule has 1 aliphatic heterocycles. The maximum Gasteiger partial charge on any atom is 0.416 e. The number of thioether (sulfide) groups is 1. The zero-order valence-electron chi connectivity index (χ0n) is 12.9. The molecule has 1 unspecified atom stereocenters. The topological polar surface area (TPSA) is 32.3 Å². The van der Waals surface area contributed by atoms with Crippen LogP contribution in [0.2, 0.25) is 0 Å². The quantitative estimate of drug-likeness (QED) is 0.744. The molecule has 1 aliphatic rings. The monoisotopic (exact) mass is 370 g/mol. The Balaban J connectivity index is 1.73. The number of carbonyl (C=O) groups is 1. The van der Waals surface area contributed by atoms with Gasteiger partial charge in [-0.15, -0.1) is 11.8 Å². The van der Waals surface area contributed by atoms with E-state index in [0.717, 1.165) is 12.1 Å². The molecule has 0 bridgehead atoms. The van der Waals surface area contributed by atoms with Crippen molar-refractivity contribution in [1.82, 2.24) is 4.90 Å². The number of rotatable bonds is 2. The van der Waals surface area contributed by atoms with Crippen molar-refractivity contribution in [3.63, 3.8) is 0 Å². The standard InChI is InChI=1S/C17H14F4N2OS/c18-14-4-2-1-3-13(14)15-23(9-10-25-15)16(24)22-12-7-5-11(6-8-12)17(19,20)21/h1-8,15H,9-10H2,(H,22,24). The number of halogens is 4. The summed E-state index contributed by atoms with van der Waals surface area (Å²) in [6, 6.07) is 9.96. The Labute approximate surface area is 146 Å². The Hall–Kier alpha value is -2.22. The van der Waals surface area contributed by atoms with E-state index in [4.69, 9.17) is 0 Å². The van der Waals surface area contributed by atoms with E-state index in [9.17, 15) is 22.4 Å². The van der Waals surface area contributed by atoms with E-state index < -0.39 is 29.0 Å². The lowest BCUT2D eigenvalue weighted by Gasteiger charge is -2.24. The summed E-state index contributed by atoms with van der Waals surface area (Å²) in [5.41, 5.74) is -0.124. The lowest BCUT2D eigenvalue weighted by molar-refractivity contribution is -0.137. The van der Waals surface area contributed by atoms with Crippen LogP contribution in [0.3, 0.4) is 0 Å². The summed E-state index contributed by atoms with van der Waals surface area (Å²) in [5, 5.41) is 2.10. The minimum atomic E-state index is -4.43. The van der Waals surface area contributed by atoms with Gasteiger partial charge in [0.2, 0.25) is 0 Å². The van der Waals surface area contributed by atoms with Crippen molar-refractivity contribution >= 4 is 23.5 Å². The molecular formula is C17H14F4N2OS. The molecule has 132 valence electrons. The van der Waals surface area contributed by atoms with Crippen LogP contribution in [0.15, 0.2) is 48.5 Å². The highest BCUT2D eigenvalue weighted by Gasteiger charge is 2.33. The summed E-state index contributed by atoms with van der Waals surface area (Å²) in [5.74, 6) is 0.258. The van der Waals surface area contributed by atoms with Crippen LogP contribution in [0.1, 0.15) is 16.5 Å². The largest absolute Gasteiger partial charge is 0.416 e. The first kappa shape index (κ1) is 17.6. The average molecular weight is 370 g/mol. The second-order valence-corrected chi connectivity index (χ2v) is 6.63. The highest BCUT2D eigenvalue weighted by molar-refractivity contribution is 7.99. The Morgan fingerprint density at radius 1 is 1.12 bits per heavy atom. The van der Waals surface area contributed by atoms with Gasteiger partial charge in [-0.05, 0) is 30.3 Å². The second kappa shape index (κ2) is 6.95. The predicted octanol–water partition coefficient (Wildman–Crippen LogP) is 5.12. The fraction of sp³-hybridized carbons (Fsp3) is 0.235. The van der Waals surface area contributed by atoms with Crippen molar-refractivity contribution in [2.24, 2.45) is 0 Å². The molecule has 25 heavy (non-hydrogen) atoms. The maximum absolute atomic E-state index is 14.0. The van der Waals surface area contributed by atoms with Gasteiger partial charge in [0.25, 0.3) is 0 Å². The SMILES string of the molecule is O=C(Nc1ccc(C(F)(F)F)cc1)N1CCSC1c1ccccc1F. The molecule has 2 aromatic rings. The normalized spacial score (nSPS) is 17.6. The number of amides is 2. The number of anilines is 1. The van der Waals surface area contributed by atoms with Crippen LogP contribution in [-0.2, 0) is 6.18 Å². The molecule has 0 spiro atoms. The molecule has 8 heteroatoms. The van der Waals surface area contributed by atoms with Crippen molar-refractivity contribution in [2.75, 3.05) is 17.6 Å². The molecule has 0 aliphatic carbocycles. The molecule has 1 N–H and O–H groups in total. The Kier molecular flexibility index (Phi) is 4.89. The molecule has 3 nitrogen and oxygen atoms in total. The summed E-state index contributed by atoms with van der Waals surface area (Å²) in [7, 11) is 0. The van der Waals surface area contributed by atoms with Gasteiger partial charge >= 0.3 is 12.2 Å². The zero-order valence-corrected chi connectivity index (χ0v) is 13.7. The van der Waals surface area contributed by atoms with Crippen LogP contribution < -0.4 is 5.32 Å². The third-order valence-corrected chi connectivity index (χ3v) is 5.03. The molecule has 2 amide bonds. The van der Waals surface area contributed by atoms with Crippen LogP contribution in [0.4, 0.5) is 28.0 Å². The number of hydrogen-bond donors (Lipinski definition) is 1. The summed E-state index contributed by atoms with van der Waals surface area (Å²) in [6.07, 6.45) is -4.43. The van der Waals surface area contributed by atoms with Crippen LogP contribution in [0.25, 0.3) is 0 Å². The van der Waals surface area contributed by atoms with Crippen LogP contribution in [0, 0.1) is 5.82 Å². The van der Waals surface area contributed by atoms with E-state index in [1.54, 1.807) is 18.2 Å². The fourth-order valence-corrected chi connectivity index (χ4v) is 3.83. The maximum atomic E-state index is 14.0. The van der Waals surface area contributed by atoms with E-state index in [0.29, 0.717) is 17.9 Å². The Morgan fingerprint density at radius 3 is 2.44 bits per heavy atom. The molecule has 0 aromatic heterocycles. The van der Waals surface area contributed by atoms with Crippen LogP contribution in [0.5, 0.6) is 0 Å². The summed E-state index contributed by atoms with van der Waals surface area (Å²) >= 11 is 1.44. The highest BCUT2D eigenvalue weighted by atomic mass is 32.2. The first-order valence-electron chi connectivity index (χ1n) is 7.47. The first-order chi connectivity index (χ1) is 11.9. The van der Waals surface area contributed by atoms with Gasteiger partial charge in [0.05, 0.1) is 5.56 Å². The fourth-order valence-electron chi connectivity index (χ4n) is 2.55. The minimum Gasteiger partial charge on any atom is -0.308 e. The van der Waals surface area contributed by atoms with E-state index in [1.807, 2.05) is 0 Å². The zero-order chi connectivity index (χ0) is 18.0. The van der Waals surface area contributed by atoms with Crippen molar-refractivity contribution < 1.29 is 22.4 Å². The number of hydrogen-bond acceptors (Lipinski definition) is 2. The van der Waals surface area contributed by atoms with Gasteiger partial charge in [-0.25, -0.2) is 9.18 Å². The van der Waals surface area contributed by atoms with E-state index >= 15 is 0 Å². The van der Waals surface area contributed by atoms with Crippen molar-refractivity contribution in [1.29, 1.82) is 0 Å². The molecule has 2 aromatic carbocycles. The Morgan fingerprint density at radius 2 is 1.80 bits per heavy atom. The van der Waals surface area contributed by atoms with Gasteiger partial charge in [0, 0.05) is 23.5 Å². The number of nitrogens with zero attached hydrogens (tertiary/aromatic N) is 1.